The third-order valence-corrected chi connectivity index (χ3v) is 3.63. The third-order valence-electron chi connectivity index (χ3n) is 3.63. The summed E-state index contributed by atoms with van der Waals surface area (Å²) < 4.78 is 18.5. The molecular weight excluding hydrogens is 283 g/mol. The van der Waals surface area contributed by atoms with Crippen LogP contribution in [-0.4, -0.2) is 18.7 Å². The van der Waals surface area contributed by atoms with Gasteiger partial charge in [0.1, 0.15) is 5.82 Å². The summed E-state index contributed by atoms with van der Waals surface area (Å²) in [5, 5.41) is 5.43. The minimum Gasteiger partial charge on any atom is -0.371 e. The van der Waals surface area contributed by atoms with Crippen LogP contribution in [0.25, 0.3) is 0 Å². The first-order valence-electron chi connectivity index (χ1n) is 7.19. The van der Waals surface area contributed by atoms with Crippen LogP contribution >= 0.6 is 0 Å². The largest absolute Gasteiger partial charge is 0.371 e. The Morgan fingerprint density at radius 3 is 2.64 bits per heavy atom. The van der Waals surface area contributed by atoms with E-state index in [9.17, 15) is 9.18 Å². The smallest absolute Gasteiger partial charge is 0.319 e. The number of carbonyl (C=O) groups excluding carboxylic acids is 1. The van der Waals surface area contributed by atoms with Gasteiger partial charge in [-0.3, -0.25) is 0 Å². The van der Waals surface area contributed by atoms with Crippen LogP contribution in [0.5, 0.6) is 0 Å². The number of urea groups is 1. The Morgan fingerprint density at radius 1 is 1.14 bits per heavy atom. The van der Waals surface area contributed by atoms with Gasteiger partial charge in [0.25, 0.3) is 0 Å². The molecule has 2 amide bonds. The zero-order chi connectivity index (χ0) is 15.4. The number of anilines is 1. The fourth-order valence-corrected chi connectivity index (χ4v) is 2.46. The third kappa shape index (κ3) is 3.62. The summed E-state index contributed by atoms with van der Waals surface area (Å²) in [6.07, 6.45) is 0.751. The molecule has 1 aliphatic heterocycles. The van der Waals surface area contributed by atoms with E-state index in [1.807, 2.05) is 12.1 Å². The Balaban J connectivity index is 1.49. The number of nitrogens with one attached hydrogen (secondary N) is 2. The molecule has 2 aromatic rings. The summed E-state index contributed by atoms with van der Waals surface area (Å²) in [7, 11) is 0. The summed E-state index contributed by atoms with van der Waals surface area (Å²) in [5.74, 6) is -0.333. The molecule has 1 heterocycles. The molecule has 2 aromatic carbocycles. The quantitative estimate of drug-likeness (QED) is 0.915. The van der Waals surface area contributed by atoms with Gasteiger partial charge in [0, 0.05) is 18.7 Å². The molecule has 114 valence electrons. The van der Waals surface area contributed by atoms with Crippen LogP contribution < -0.4 is 10.6 Å². The fourth-order valence-electron chi connectivity index (χ4n) is 2.46. The molecule has 1 atom stereocenters. The molecule has 0 fully saturated rings. The first-order valence-corrected chi connectivity index (χ1v) is 7.19. The molecule has 0 saturated carbocycles. The number of ether oxygens (including phenoxy) is 1. The van der Waals surface area contributed by atoms with Gasteiger partial charge < -0.3 is 15.4 Å². The van der Waals surface area contributed by atoms with Crippen LogP contribution in [0, 0.1) is 5.82 Å². The number of fused-ring (bicyclic) bond motifs is 1. The molecule has 5 heteroatoms. The second-order valence-corrected chi connectivity index (χ2v) is 5.25. The number of benzene rings is 2. The number of hydrogen-bond acceptors (Lipinski definition) is 2. The zero-order valence-corrected chi connectivity index (χ0v) is 12.0. The van der Waals surface area contributed by atoms with E-state index in [0.29, 0.717) is 18.8 Å². The van der Waals surface area contributed by atoms with E-state index in [1.165, 1.54) is 35.4 Å². The predicted molar refractivity (Wildman–Crippen MR) is 82.1 cm³/mol. The molecule has 3 rings (SSSR count). The lowest BCUT2D eigenvalue weighted by Crippen LogP contribution is -2.38. The maximum Gasteiger partial charge on any atom is 0.319 e. The highest BCUT2D eigenvalue weighted by molar-refractivity contribution is 5.89. The summed E-state index contributed by atoms with van der Waals surface area (Å²) in [6, 6.07) is 13.5. The molecule has 0 aromatic heterocycles. The van der Waals surface area contributed by atoms with Crippen molar-refractivity contribution < 1.29 is 13.9 Å². The first kappa shape index (κ1) is 14.5. The Bertz CT molecular complexity index is 658. The molecule has 0 radical (unpaired) electrons. The van der Waals surface area contributed by atoms with Crippen molar-refractivity contribution in [3.63, 3.8) is 0 Å². The molecule has 2 N–H and O–H groups in total. The molecule has 0 bridgehead atoms. The lowest BCUT2D eigenvalue weighted by atomic mass is 9.99. The van der Waals surface area contributed by atoms with E-state index in [-0.39, 0.29) is 18.0 Å². The van der Waals surface area contributed by atoms with E-state index >= 15 is 0 Å². The fraction of sp³-hybridized carbons (Fsp3) is 0.235. The van der Waals surface area contributed by atoms with Gasteiger partial charge in [0.05, 0.1) is 12.7 Å². The van der Waals surface area contributed by atoms with Gasteiger partial charge in [0.2, 0.25) is 0 Å². The maximum absolute atomic E-state index is 12.8. The van der Waals surface area contributed by atoms with Crippen LogP contribution in [0.15, 0.2) is 48.5 Å². The van der Waals surface area contributed by atoms with Gasteiger partial charge in [0.15, 0.2) is 0 Å². The Hall–Kier alpha value is -2.40. The highest BCUT2D eigenvalue weighted by Gasteiger charge is 2.19. The molecule has 22 heavy (non-hydrogen) atoms. The molecular formula is C17H17FN2O2. The molecule has 0 saturated heterocycles. The van der Waals surface area contributed by atoms with Crippen molar-refractivity contribution in [1.82, 2.24) is 5.32 Å². The van der Waals surface area contributed by atoms with Crippen LogP contribution in [0.1, 0.15) is 11.1 Å². The van der Waals surface area contributed by atoms with Crippen LogP contribution in [-0.2, 0) is 17.8 Å². The molecule has 4 nitrogen and oxygen atoms in total. The standard InChI is InChI=1S/C17H17FN2O2/c18-14-5-7-15(8-6-14)20-17(21)19-10-16-9-12-3-1-2-4-13(12)11-22-16/h1-8,16H,9-11H2,(H2,19,20,21). The van der Waals surface area contributed by atoms with Crippen molar-refractivity contribution in [3.05, 3.63) is 65.5 Å². The van der Waals surface area contributed by atoms with Crippen molar-refractivity contribution in [2.75, 3.05) is 11.9 Å². The van der Waals surface area contributed by atoms with E-state index < -0.39 is 0 Å². The van der Waals surface area contributed by atoms with Gasteiger partial charge in [-0.15, -0.1) is 0 Å². The highest BCUT2D eigenvalue weighted by atomic mass is 19.1. The topological polar surface area (TPSA) is 50.4 Å². The van der Waals surface area contributed by atoms with Gasteiger partial charge in [-0.25, -0.2) is 9.18 Å². The summed E-state index contributed by atoms with van der Waals surface area (Å²) in [6.45, 7) is 1.00. The number of amides is 2. The average molecular weight is 300 g/mol. The molecule has 1 unspecified atom stereocenters. The number of hydrogen-bond donors (Lipinski definition) is 2. The predicted octanol–water partition coefficient (Wildman–Crippen LogP) is 3.09. The van der Waals surface area contributed by atoms with Crippen LogP contribution in [0.2, 0.25) is 0 Å². The van der Waals surface area contributed by atoms with Gasteiger partial charge >= 0.3 is 6.03 Å². The average Bonchev–Trinajstić information content (AvgIpc) is 2.55. The monoisotopic (exact) mass is 300 g/mol. The zero-order valence-electron chi connectivity index (χ0n) is 12.0. The second kappa shape index (κ2) is 6.58. The Morgan fingerprint density at radius 2 is 1.86 bits per heavy atom. The minimum atomic E-state index is -0.333. The normalized spacial score (nSPS) is 16.7. The van der Waals surface area contributed by atoms with Gasteiger partial charge in [-0.2, -0.15) is 0 Å². The van der Waals surface area contributed by atoms with Gasteiger partial charge in [-0.05, 0) is 35.4 Å². The minimum absolute atomic E-state index is 0.0335. The van der Waals surface area contributed by atoms with E-state index in [2.05, 4.69) is 22.8 Å². The SMILES string of the molecule is O=C(NCC1Cc2ccccc2CO1)Nc1ccc(F)cc1. The maximum atomic E-state index is 12.8. The number of carbonyl (C=O) groups is 1. The summed E-state index contributed by atoms with van der Waals surface area (Å²) >= 11 is 0. The molecule has 1 aliphatic rings. The van der Waals surface area contributed by atoms with E-state index in [0.717, 1.165) is 6.42 Å². The van der Waals surface area contributed by atoms with Gasteiger partial charge in [-0.1, -0.05) is 24.3 Å². The van der Waals surface area contributed by atoms with Crippen LogP contribution in [0.4, 0.5) is 14.9 Å². The Kier molecular flexibility index (Phi) is 4.34. The van der Waals surface area contributed by atoms with Crippen molar-refractivity contribution in [3.8, 4) is 0 Å². The molecule has 0 spiro atoms. The Labute approximate surface area is 128 Å². The highest BCUT2D eigenvalue weighted by Crippen LogP contribution is 2.19. The first-order chi connectivity index (χ1) is 10.7. The van der Waals surface area contributed by atoms with Crippen LogP contribution in [0.3, 0.4) is 0 Å². The summed E-state index contributed by atoms with van der Waals surface area (Å²) in [5.41, 5.74) is 3.02. The lowest BCUT2D eigenvalue weighted by molar-refractivity contribution is 0.0308. The van der Waals surface area contributed by atoms with Crippen molar-refractivity contribution >= 4 is 11.7 Å². The molecule has 0 aliphatic carbocycles. The van der Waals surface area contributed by atoms with Crippen molar-refractivity contribution in [2.45, 2.75) is 19.1 Å². The number of rotatable bonds is 3. The van der Waals surface area contributed by atoms with Crippen molar-refractivity contribution in [1.29, 1.82) is 0 Å². The van der Waals surface area contributed by atoms with E-state index in [1.54, 1.807) is 0 Å². The lowest BCUT2D eigenvalue weighted by Gasteiger charge is -2.25. The number of halogens is 1. The van der Waals surface area contributed by atoms with E-state index in [4.69, 9.17) is 4.74 Å². The van der Waals surface area contributed by atoms with Crippen molar-refractivity contribution in [2.24, 2.45) is 0 Å². The second-order valence-electron chi connectivity index (χ2n) is 5.25. The summed E-state index contributed by atoms with van der Waals surface area (Å²) in [4.78, 5) is 11.8.